The van der Waals surface area contributed by atoms with Crippen LogP contribution in [0.1, 0.15) is 38.2 Å². The SMILES string of the molecule is CC1CCC(O)(Cc2cc(F)ccc2Br)CC1. The van der Waals surface area contributed by atoms with Gasteiger partial charge in [-0.1, -0.05) is 22.9 Å². The van der Waals surface area contributed by atoms with Crippen LogP contribution in [-0.2, 0) is 6.42 Å². The summed E-state index contributed by atoms with van der Waals surface area (Å²) >= 11 is 3.42. The van der Waals surface area contributed by atoms with E-state index in [9.17, 15) is 9.50 Å². The molecule has 0 bridgehead atoms. The van der Waals surface area contributed by atoms with Gasteiger partial charge in [-0.2, -0.15) is 0 Å². The van der Waals surface area contributed by atoms with Gasteiger partial charge in [-0.15, -0.1) is 0 Å². The van der Waals surface area contributed by atoms with Crippen LogP contribution in [-0.4, -0.2) is 10.7 Å². The topological polar surface area (TPSA) is 20.2 Å². The van der Waals surface area contributed by atoms with Gasteiger partial charge < -0.3 is 5.11 Å². The van der Waals surface area contributed by atoms with Gasteiger partial charge in [0, 0.05) is 10.9 Å². The minimum Gasteiger partial charge on any atom is -0.390 e. The highest BCUT2D eigenvalue weighted by Crippen LogP contribution is 2.35. The zero-order valence-corrected chi connectivity index (χ0v) is 11.6. The Morgan fingerprint density at radius 3 is 2.71 bits per heavy atom. The van der Waals surface area contributed by atoms with Gasteiger partial charge in [0.05, 0.1) is 5.60 Å². The molecule has 1 aliphatic carbocycles. The Hall–Kier alpha value is -0.410. The Labute approximate surface area is 110 Å². The average Bonchev–Trinajstić information content (AvgIpc) is 2.28. The minimum atomic E-state index is -0.650. The fourth-order valence-electron chi connectivity index (χ4n) is 2.51. The monoisotopic (exact) mass is 300 g/mol. The number of aliphatic hydroxyl groups is 1. The standard InChI is InChI=1S/C14H18BrFO/c1-10-4-6-14(17,7-5-10)9-11-8-12(16)2-3-13(11)15/h2-3,8,10,17H,4-7,9H2,1H3. The van der Waals surface area contributed by atoms with Crippen molar-refractivity contribution in [3.05, 3.63) is 34.1 Å². The summed E-state index contributed by atoms with van der Waals surface area (Å²) in [5.41, 5.74) is 0.213. The van der Waals surface area contributed by atoms with Crippen molar-refractivity contribution in [3.63, 3.8) is 0 Å². The molecule has 94 valence electrons. The van der Waals surface area contributed by atoms with Gasteiger partial charge >= 0.3 is 0 Å². The Bertz CT molecular complexity index is 397. The van der Waals surface area contributed by atoms with E-state index in [0.717, 1.165) is 35.7 Å². The Morgan fingerprint density at radius 2 is 2.06 bits per heavy atom. The zero-order valence-electron chi connectivity index (χ0n) is 10.0. The summed E-state index contributed by atoms with van der Waals surface area (Å²) in [4.78, 5) is 0. The molecule has 1 N–H and O–H groups in total. The van der Waals surface area contributed by atoms with Crippen LogP contribution in [0.5, 0.6) is 0 Å². The molecule has 0 heterocycles. The molecule has 0 amide bonds. The van der Waals surface area contributed by atoms with Gasteiger partial charge in [0.25, 0.3) is 0 Å². The van der Waals surface area contributed by atoms with Gasteiger partial charge in [-0.25, -0.2) is 4.39 Å². The molecular weight excluding hydrogens is 283 g/mol. The van der Waals surface area contributed by atoms with Gasteiger partial charge in [-0.05, 0) is 55.4 Å². The first-order valence-corrected chi connectivity index (χ1v) is 6.94. The van der Waals surface area contributed by atoms with Crippen LogP contribution in [0.3, 0.4) is 0 Å². The molecule has 0 aliphatic heterocycles. The van der Waals surface area contributed by atoms with Gasteiger partial charge in [0.2, 0.25) is 0 Å². The number of hydrogen-bond acceptors (Lipinski definition) is 1. The van der Waals surface area contributed by atoms with E-state index in [-0.39, 0.29) is 5.82 Å². The van der Waals surface area contributed by atoms with E-state index in [1.54, 1.807) is 6.07 Å². The van der Waals surface area contributed by atoms with Crippen LogP contribution in [0.15, 0.2) is 22.7 Å². The van der Waals surface area contributed by atoms with Crippen molar-refractivity contribution in [2.75, 3.05) is 0 Å². The third-order valence-electron chi connectivity index (χ3n) is 3.73. The molecule has 0 unspecified atom stereocenters. The maximum absolute atomic E-state index is 13.2. The smallest absolute Gasteiger partial charge is 0.123 e. The van der Waals surface area contributed by atoms with Crippen LogP contribution in [0, 0.1) is 11.7 Å². The van der Waals surface area contributed by atoms with E-state index in [4.69, 9.17) is 0 Å². The van der Waals surface area contributed by atoms with E-state index in [1.807, 2.05) is 0 Å². The summed E-state index contributed by atoms with van der Waals surface area (Å²) in [7, 11) is 0. The second-order valence-electron chi connectivity index (χ2n) is 5.32. The first-order valence-electron chi connectivity index (χ1n) is 6.15. The summed E-state index contributed by atoms with van der Waals surface area (Å²) in [6, 6.07) is 4.65. The fourth-order valence-corrected chi connectivity index (χ4v) is 2.90. The molecule has 0 saturated heterocycles. The van der Waals surface area contributed by atoms with Crippen molar-refractivity contribution in [3.8, 4) is 0 Å². The molecular formula is C14H18BrFO. The van der Waals surface area contributed by atoms with Gasteiger partial charge in [0.15, 0.2) is 0 Å². The molecule has 1 fully saturated rings. The molecule has 1 nitrogen and oxygen atoms in total. The molecule has 0 aromatic heterocycles. The Morgan fingerprint density at radius 1 is 1.41 bits per heavy atom. The van der Waals surface area contributed by atoms with Crippen LogP contribution in [0.25, 0.3) is 0 Å². The van der Waals surface area contributed by atoms with E-state index in [2.05, 4.69) is 22.9 Å². The summed E-state index contributed by atoms with van der Waals surface area (Å²) in [6.45, 7) is 2.22. The van der Waals surface area contributed by atoms with Crippen LogP contribution >= 0.6 is 15.9 Å². The quantitative estimate of drug-likeness (QED) is 0.873. The molecule has 0 radical (unpaired) electrons. The highest BCUT2D eigenvalue weighted by atomic mass is 79.9. The highest BCUT2D eigenvalue weighted by molar-refractivity contribution is 9.10. The molecule has 1 saturated carbocycles. The largest absolute Gasteiger partial charge is 0.390 e. The molecule has 1 aliphatic rings. The molecule has 1 aromatic carbocycles. The van der Waals surface area contributed by atoms with Crippen molar-refractivity contribution in [1.29, 1.82) is 0 Å². The molecule has 17 heavy (non-hydrogen) atoms. The number of halogens is 2. The summed E-state index contributed by atoms with van der Waals surface area (Å²) < 4.78 is 14.1. The molecule has 0 atom stereocenters. The maximum Gasteiger partial charge on any atom is 0.123 e. The lowest BCUT2D eigenvalue weighted by atomic mass is 9.76. The number of rotatable bonds is 2. The van der Waals surface area contributed by atoms with Crippen molar-refractivity contribution in [1.82, 2.24) is 0 Å². The lowest BCUT2D eigenvalue weighted by Gasteiger charge is -2.35. The second-order valence-corrected chi connectivity index (χ2v) is 6.17. The number of benzene rings is 1. The van der Waals surface area contributed by atoms with E-state index >= 15 is 0 Å². The fraction of sp³-hybridized carbons (Fsp3) is 0.571. The van der Waals surface area contributed by atoms with Gasteiger partial charge in [-0.3, -0.25) is 0 Å². The second kappa shape index (κ2) is 5.07. The first-order chi connectivity index (χ1) is 7.98. The Balaban J connectivity index is 2.12. The van der Waals surface area contributed by atoms with Crippen LogP contribution in [0.2, 0.25) is 0 Å². The average molecular weight is 301 g/mol. The van der Waals surface area contributed by atoms with Gasteiger partial charge in [0.1, 0.15) is 5.82 Å². The predicted molar refractivity (Wildman–Crippen MR) is 70.4 cm³/mol. The Kier molecular flexibility index (Phi) is 3.88. The molecule has 3 heteroatoms. The summed E-state index contributed by atoms with van der Waals surface area (Å²) in [6.07, 6.45) is 4.29. The molecule has 2 rings (SSSR count). The summed E-state index contributed by atoms with van der Waals surface area (Å²) in [5, 5.41) is 10.5. The summed E-state index contributed by atoms with van der Waals surface area (Å²) in [5.74, 6) is 0.460. The van der Waals surface area contributed by atoms with E-state index < -0.39 is 5.60 Å². The van der Waals surface area contributed by atoms with Crippen molar-refractivity contribution in [2.24, 2.45) is 5.92 Å². The zero-order chi connectivity index (χ0) is 12.5. The maximum atomic E-state index is 13.2. The lowest BCUT2D eigenvalue weighted by Crippen LogP contribution is -2.35. The van der Waals surface area contributed by atoms with Crippen molar-refractivity contribution >= 4 is 15.9 Å². The van der Waals surface area contributed by atoms with E-state index in [1.165, 1.54) is 12.1 Å². The van der Waals surface area contributed by atoms with E-state index in [0.29, 0.717) is 12.3 Å². The van der Waals surface area contributed by atoms with Crippen LogP contribution < -0.4 is 0 Å². The molecule has 1 aromatic rings. The third-order valence-corrected chi connectivity index (χ3v) is 4.51. The highest BCUT2D eigenvalue weighted by Gasteiger charge is 2.32. The normalized spacial score (nSPS) is 29.3. The minimum absolute atomic E-state index is 0.240. The van der Waals surface area contributed by atoms with Crippen molar-refractivity contribution < 1.29 is 9.50 Å². The lowest BCUT2D eigenvalue weighted by molar-refractivity contribution is -0.00684. The third kappa shape index (κ3) is 3.29. The number of hydrogen-bond donors (Lipinski definition) is 1. The molecule has 0 spiro atoms. The first kappa shape index (κ1) is 13.0. The van der Waals surface area contributed by atoms with Crippen molar-refractivity contribution in [2.45, 2.75) is 44.6 Å². The predicted octanol–water partition coefficient (Wildman–Crippen LogP) is 4.07. The van der Waals surface area contributed by atoms with Crippen LogP contribution in [0.4, 0.5) is 4.39 Å².